The number of carbonyl (C=O) groups excluding carboxylic acids is 1. The fraction of sp³-hybridized carbons (Fsp3) is 0.111. The van der Waals surface area contributed by atoms with Crippen molar-refractivity contribution in [2.75, 3.05) is 12.4 Å². The molecular weight excluding hydrogens is 327 g/mol. The van der Waals surface area contributed by atoms with Crippen molar-refractivity contribution < 1.29 is 13.9 Å². The van der Waals surface area contributed by atoms with Crippen LogP contribution in [0.1, 0.15) is 20.8 Å². The number of carbonyl (C=O) groups is 1. The Kier molecular flexibility index (Phi) is 4.86. The standard InChI is InChI=1S/C18H15FN2O2S/c1-23-16-5-3-2-4-15(16)17(22)21-18-20-11-14(24-18)10-12-6-8-13(19)9-7-12/h2-9,11H,10H2,1H3,(H,20,21,22). The molecule has 1 aromatic heterocycles. The highest BCUT2D eigenvalue weighted by Crippen LogP contribution is 2.24. The van der Waals surface area contributed by atoms with E-state index >= 15 is 0 Å². The monoisotopic (exact) mass is 342 g/mol. The molecule has 0 atom stereocenters. The summed E-state index contributed by atoms with van der Waals surface area (Å²) in [4.78, 5) is 17.5. The third kappa shape index (κ3) is 3.78. The number of aromatic nitrogens is 1. The molecule has 3 rings (SSSR count). The van der Waals surface area contributed by atoms with Crippen molar-refractivity contribution in [2.24, 2.45) is 0 Å². The summed E-state index contributed by atoms with van der Waals surface area (Å²) >= 11 is 1.39. The summed E-state index contributed by atoms with van der Waals surface area (Å²) in [6.45, 7) is 0. The first-order valence-corrected chi connectivity index (χ1v) is 8.11. The predicted octanol–water partition coefficient (Wildman–Crippen LogP) is 4.13. The highest BCUT2D eigenvalue weighted by atomic mass is 32.1. The van der Waals surface area contributed by atoms with E-state index < -0.39 is 0 Å². The van der Waals surface area contributed by atoms with Crippen LogP contribution in [-0.2, 0) is 6.42 Å². The Balaban J connectivity index is 1.69. The third-order valence-electron chi connectivity index (χ3n) is 3.42. The number of nitrogens with one attached hydrogen (secondary N) is 1. The molecule has 4 nitrogen and oxygen atoms in total. The molecule has 0 spiro atoms. The molecule has 0 saturated carbocycles. The second kappa shape index (κ2) is 7.23. The van der Waals surface area contributed by atoms with Crippen molar-refractivity contribution in [3.8, 4) is 5.75 Å². The zero-order valence-electron chi connectivity index (χ0n) is 13.0. The van der Waals surface area contributed by atoms with Gasteiger partial charge >= 0.3 is 0 Å². The minimum atomic E-state index is -0.268. The Morgan fingerprint density at radius 1 is 1.21 bits per heavy atom. The Hall–Kier alpha value is -2.73. The van der Waals surface area contributed by atoms with Crippen LogP contribution in [0.25, 0.3) is 0 Å². The first-order chi connectivity index (χ1) is 11.7. The first-order valence-electron chi connectivity index (χ1n) is 7.29. The molecule has 0 unspecified atom stereocenters. The van der Waals surface area contributed by atoms with E-state index in [4.69, 9.17) is 4.74 Å². The number of anilines is 1. The SMILES string of the molecule is COc1ccccc1C(=O)Nc1ncc(Cc2ccc(F)cc2)s1. The van der Waals surface area contributed by atoms with Crippen molar-refractivity contribution in [1.29, 1.82) is 0 Å². The fourth-order valence-corrected chi connectivity index (χ4v) is 3.09. The lowest BCUT2D eigenvalue weighted by Gasteiger charge is -2.06. The molecule has 6 heteroatoms. The molecule has 24 heavy (non-hydrogen) atoms. The van der Waals surface area contributed by atoms with Crippen molar-refractivity contribution in [3.05, 3.63) is 76.5 Å². The van der Waals surface area contributed by atoms with Crippen molar-refractivity contribution in [2.45, 2.75) is 6.42 Å². The molecule has 2 aromatic carbocycles. The maximum absolute atomic E-state index is 12.9. The van der Waals surface area contributed by atoms with Crippen LogP contribution in [0.3, 0.4) is 0 Å². The second-order valence-corrected chi connectivity index (χ2v) is 6.20. The molecule has 3 aromatic rings. The molecule has 0 fully saturated rings. The molecule has 0 aliphatic carbocycles. The summed E-state index contributed by atoms with van der Waals surface area (Å²) in [6, 6.07) is 13.3. The fourth-order valence-electron chi connectivity index (χ4n) is 2.25. The number of halogens is 1. The highest BCUT2D eigenvalue weighted by molar-refractivity contribution is 7.15. The Bertz CT molecular complexity index is 846. The third-order valence-corrected chi connectivity index (χ3v) is 4.33. The van der Waals surface area contributed by atoms with E-state index in [1.807, 2.05) is 0 Å². The van der Waals surface area contributed by atoms with Crippen LogP contribution in [-0.4, -0.2) is 18.0 Å². The van der Waals surface area contributed by atoms with Gasteiger partial charge in [0, 0.05) is 17.5 Å². The molecule has 1 heterocycles. The van der Waals surface area contributed by atoms with E-state index in [-0.39, 0.29) is 11.7 Å². The van der Waals surface area contributed by atoms with Crippen molar-refractivity contribution >= 4 is 22.4 Å². The number of benzene rings is 2. The zero-order valence-corrected chi connectivity index (χ0v) is 13.8. The van der Waals surface area contributed by atoms with Gasteiger partial charge in [0.15, 0.2) is 5.13 Å². The summed E-state index contributed by atoms with van der Waals surface area (Å²) in [5.74, 6) is -0.0129. The van der Waals surface area contributed by atoms with Gasteiger partial charge in [-0.25, -0.2) is 9.37 Å². The van der Waals surface area contributed by atoms with Gasteiger partial charge in [0.25, 0.3) is 5.91 Å². The number of amides is 1. The van der Waals surface area contributed by atoms with Gasteiger partial charge in [-0.3, -0.25) is 10.1 Å². The molecule has 0 radical (unpaired) electrons. The average molecular weight is 342 g/mol. The summed E-state index contributed by atoms with van der Waals surface area (Å²) in [5, 5.41) is 3.29. The largest absolute Gasteiger partial charge is 0.496 e. The zero-order chi connectivity index (χ0) is 16.9. The topological polar surface area (TPSA) is 51.2 Å². The van der Waals surface area contributed by atoms with Crippen molar-refractivity contribution in [3.63, 3.8) is 0 Å². The van der Waals surface area contributed by atoms with E-state index in [2.05, 4.69) is 10.3 Å². The molecule has 1 N–H and O–H groups in total. The number of ether oxygens (including phenoxy) is 1. The van der Waals surface area contributed by atoms with E-state index in [1.165, 1.54) is 30.6 Å². The normalized spacial score (nSPS) is 10.4. The first kappa shape index (κ1) is 16.1. The van der Waals surface area contributed by atoms with Gasteiger partial charge in [0.1, 0.15) is 11.6 Å². The van der Waals surface area contributed by atoms with Gasteiger partial charge in [-0.15, -0.1) is 11.3 Å². The van der Waals surface area contributed by atoms with Crippen LogP contribution in [0.5, 0.6) is 5.75 Å². The molecule has 0 bridgehead atoms. The Morgan fingerprint density at radius 3 is 2.71 bits per heavy atom. The highest BCUT2D eigenvalue weighted by Gasteiger charge is 2.13. The second-order valence-electron chi connectivity index (χ2n) is 5.09. The summed E-state index contributed by atoms with van der Waals surface area (Å²) in [5.41, 5.74) is 1.44. The average Bonchev–Trinajstić information content (AvgIpc) is 3.03. The quantitative estimate of drug-likeness (QED) is 0.758. The Morgan fingerprint density at radius 2 is 1.96 bits per heavy atom. The number of rotatable bonds is 5. The van der Waals surface area contributed by atoms with Crippen LogP contribution >= 0.6 is 11.3 Å². The predicted molar refractivity (Wildman–Crippen MR) is 92.3 cm³/mol. The number of hydrogen-bond acceptors (Lipinski definition) is 4. The lowest BCUT2D eigenvalue weighted by molar-refractivity contribution is 0.102. The lowest BCUT2D eigenvalue weighted by Crippen LogP contribution is -2.12. The Labute approximate surface area is 142 Å². The number of para-hydroxylation sites is 1. The summed E-state index contributed by atoms with van der Waals surface area (Å²) in [7, 11) is 1.52. The van der Waals surface area contributed by atoms with Crippen LogP contribution in [0.2, 0.25) is 0 Å². The maximum Gasteiger partial charge on any atom is 0.261 e. The van der Waals surface area contributed by atoms with Gasteiger partial charge in [-0.2, -0.15) is 0 Å². The molecule has 0 aliphatic rings. The van der Waals surface area contributed by atoms with Crippen LogP contribution in [0.4, 0.5) is 9.52 Å². The maximum atomic E-state index is 12.9. The molecule has 122 valence electrons. The van der Waals surface area contributed by atoms with Gasteiger partial charge in [0.05, 0.1) is 12.7 Å². The summed E-state index contributed by atoms with van der Waals surface area (Å²) in [6.07, 6.45) is 2.36. The smallest absolute Gasteiger partial charge is 0.261 e. The molecule has 0 aliphatic heterocycles. The number of methoxy groups -OCH3 is 1. The van der Waals surface area contributed by atoms with E-state index in [0.717, 1.165) is 10.4 Å². The lowest BCUT2D eigenvalue weighted by atomic mass is 10.1. The van der Waals surface area contributed by atoms with Crippen molar-refractivity contribution in [1.82, 2.24) is 4.98 Å². The number of nitrogens with zero attached hydrogens (tertiary/aromatic N) is 1. The molecular formula is C18H15FN2O2S. The van der Waals surface area contributed by atoms with E-state index in [1.54, 1.807) is 42.6 Å². The van der Waals surface area contributed by atoms with E-state index in [0.29, 0.717) is 22.9 Å². The molecule has 1 amide bonds. The minimum absolute atomic E-state index is 0.257. The van der Waals surface area contributed by atoms with Gasteiger partial charge in [-0.1, -0.05) is 24.3 Å². The van der Waals surface area contributed by atoms with E-state index in [9.17, 15) is 9.18 Å². The van der Waals surface area contributed by atoms with Crippen LogP contribution in [0.15, 0.2) is 54.7 Å². The number of thiazole rings is 1. The van der Waals surface area contributed by atoms with Crippen LogP contribution < -0.4 is 10.1 Å². The van der Waals surface area contributed by atoms with Gasteiger partial charge in [0.2, 0.25) is 0 Å². The summed E-state index contributed by atoms with van der Waals surface area (Å²) < 4.78 is 18.1. The minimum Gasteiger partial charge on any atom is -0.496 e. The van der Waals surface area contributed by atoms with Crippen LogP contribution in [0, 0.1) is 5.82 Å². The molecule has 0 saturated heterocycles. The van der Waals surface area contributed by atoms with Gasteiger partial charge in [-0.05, 0) is 29.8 Å². The number of hydrogen-bond donors (Lipinski definition) is 1. The van der Waals surface area contributed by atoms with Gasteiger partial charge < -0.3 is 4.74 Å².